The second kappa shape index (κ2) is 10.0. The highest BCUT2D eigenvalue weighted by molar-refractivity contribution is 5.95. The first-order valence-electron chi connectivity index (χ1n) is 7.50. The zero-order valence-electron chi connectivity index (χ0n) is 13.8. The number of esters is 1. The average molecular weight is 334 g/mol. The highest BCUT2D eigenvalue weighted by atomic mass is 16.6. The molecule has 1 aromatic rings. The maximum atomic E-state index is 11.6. The van der Waals surface area contributed by atoms with Crippen molar-refractivity contribution in [1.29, 1.82) is 0 Å². The fourth-order valence-electron chi connectivity index (χ4n) is 1.79. The molecule has 0 atom stereocenters. The molecule has 0 saturated heterocycles. The summed E-state index contributed by atoms with van der Waals surface area (Å²) in [5.41, 5.74) is 0.974. The van der Waals surface area contributed by atoms with Gasteiger partial charge >= 0.3 is 12.0 Å². The van der Waals surface area contributed by atoms with Crippen LogP contribution in [0, 0.1) is 0 Å². The third kappa shape index (κ3) is 6.95. The minimum Gasteiger partial charge on any atom is -0.482 e. The van der Waals surface area contributed by atoms with Crippen LogP contribution in [0.4, 0.5) is 4.79 Å². The Balaban J connectivity index is 2.36. The molecule has 0 unspecified atom stereocenters. The third-order valence-corrected chi connectivity index (χ3v) is 2.91. The van der Waals surface area contributed by atoms with Gasteiger partial charge in [0.15, 0.2) is 13.2 Å². The number of ether oxygens (including phenoxy) is 2. The molecule has 1 aromatic carbocycles. The lowest BCUT2D eigenvalue weighted by Crippen LogP contribution is -2.41. The SMILES string of the molecule is C=CCNC(=O)NC(=O)COC(=O)COc1ccccc1C(C)C. The van der Waals surface area contributed by atoms with E-state index in [0.717, 1.165) is 5.56 Å². The van der Waals surface area contributed by atoms with Crippen LogP contribution >= 0.6 is 0 Å². The van der Waals surface area contributed by atoms with Gasteiger partial charge in [-0.3, -0.25) is 10.1 Å². The number of nitrogens with one attached hydrogen (secondary N) is 2. The molecule has 7 heteroatoms. The van der Waals surface area contributed by atoms with Crippen molar-refractivity contribution in [2.75, 3.05) is 19.8 Å². The second-order valence-corrected chi connectivity index (χ2v) is 5.19. The molecule has 0 aliphatic rings. The summed E-state index contributed by atoms with van der Waals surface area (Å²) in [5.74, 6) is -0.586. The van der Waals surface area contributed by atoms with Gasteiger partial charge in [0.05, 0.1) is 0 Å². The van der Waals surface area contributed by atoms with E-state index in [1.807, 2.05) is 37.4 Å². The lowest BCUT2D eigenvalue weighted by molar-refractivity contribution is -0.150. The smallest absolute Gasteiger partial charge is 0.344 e. The molecular weight excluding hydrogens is 312 g/mol. The van der Waals surface area contributed by atoms with E-state index in [0.29, 0.717) is 5.75 Å². The van der Waals surface area contributed by atoms with Crippen LogP contribution in [0.15, 0.2) is 36.9 Å². The van der Waals surface area contributed by atoms with Crippen LogP contribution in [0.3, 0.4) is 0 Å². The van der Waals surface area contributed by atoms with Crippen LogP contribution in [-0.4, -0.2) is 37.7 Å². The Hall–Kier alpha value is -2.83. The van der Waals surface area contributed by atoms with Gasteiger partial charge < -0.3 is 14.8 Å². The minimum atomic E-state index is -0.729. The second-order valence-electron chi connectivity index (χ2n) is 5.19. The molecular formula is C17H22N2O5. The van der Waals surface area contributed by atoms with Gasteiger partial charge in [-0.2, -0.15) is 0 Å². The Labute approximate surface area is 141 Å². The third-order valence-electron chi connectivity index (χ3n) is 2.91. The summed E-state index contributed by atoms with van der Waals surface area (Å²) in [6, 6.07) is 6.70. The molecule has 0 aliphatic heterocycles. The molecule has 7 nitrogen and oxygen atoms in total. The molecule has 0 aliphatic carbocycles. The largest absolute Gasteiger partial charge is 0.482 e. The summed E-state index contributed by atoms with van der Waals surface area (Å²) in [5, 5.41) is 4.37. The van der Waals surface area contributed by atoms with Crippen molar-refractivity contribution in [3.8, 4) is 5.75 Å². The topological polar surface area (TPSA) is 93.7 Å². The molecule has 130 valence electrons. The lowest BCUT2D eigenvalue weighted by atomic mass is 10.0. The van der Waals surface area contributed by atoms with E-state index in [-0.39, 0.29) is 19.1 Å². The number of amides is 3. The van der Waals surface area contributed by atoms with E-state index in [9.17, 15) is 14.4 Å². The molecule has 24 heavy (non-hydrogen) atoms. The van der Waals surface area contributed by atoms with Crippen molar-refractivity contribution < 1.29 is 23.9 Å². The Bertz CT molecular complexity index is 598. The number of benzene rings is 1. The fraction of sp³-hybridized carbons (Fsp3) is 0.353. The van der Waals surface area contributed by atoms with E-state index < -0.39 is 24.5 Å². The predicted molar refractivity (Wildman–Crippen MR) is 88.7 cm³/mol. The van der Waals surface area contributed by atoms with Crippen LogP contribution in [-0.2, 0) is 14.3 Å². The number of imide groups is 1. The number of para-hydroxylation sites is 1. The van der Waals surface area contributed by atoms with Gasteiger partial charge in [0.2, 0.25) is 0 Å². The van der Waals surface area contributed by atoms with Gasteiger partial charge in [-0.1, -0.05) is 38.1 Å². The van der Waals surface area contributed by atoms with Crippen molar-refractivity contribution in [3.63, 3.8) is 0 Å². The number of hydrogen-bond acceptors (Lipinski definition) is 5. The van der Waals surface area contributed by atoms with Gasteiger partial charge in [-0.25, -0.2) is 9.59 Å². The van der Waals surface area contributed by atoms with E-state index >= 15 is 0 Å². The summed E-state index contributed by atoms with van der Waals surface area (Å²) in [4.78, 5) is 34.3. The van der Waals surface area contributed by atoms with E-state index in [4.69, 9.17) is 9.47 Å². The van der Waals surface area contributed by atoms with Crippen LogP contribution in [0.1, 0.15) is 25.3 Å². The molecule has 0 bridgehead atoms. The Morgan fingerprint density at radius 2 is 1.92 bits per heavy atom. The Morgan fingerprint density at radius 3 is 2.58 bits per heavy atom. The van der Waals surface area contributed by atoms with Crippen molar-refractivity contribution in [2.24, 2.45) is 0 Å². The highest BCUT2D eigenvalue weighted by Gasteiger charge is 2.12. The highest BCUT2D eigenvalue weighted by Crippen LogP contribution is 2.25. The monoisotopic (exact) mass is 334 g/mol. The van der Waals surface area contributed by atoms with Crippen LogP contribution in [0.5, 0.6) is 5.75 Å². The fourth-order valence-corrected chi connectivity index (χ4v) is 1.79. The molecule has 0 aromatic heterocycles. The van der Waals surface area contributed by atoms with E-state index in [1.54, 1.807) is 6.07 Å². The summed E-state index contributed by atoms with van der Waals surface area (Å²) in [6.07, 6.45) is 1.47. The van der Waals surface area contributed by atoms with Gasteiger partial charge in [-0.05, 0) is 17.5 Å². The molecule has 1 rings (SSSR count). The van der Waals surface area contributed by atoms with E-state index in [1.165, 1.54) is 6.08 Å². The number of hydrogen-bond donors (Lipinski definition) is 2. The van der Waals surface area contributed by atoms with Gasteiger partial charge in [0.25, 0.3) is 5.91 Å². The number of urea groups is 1. The van der Waals surface area contributed by atoms with Crippen LogP contribution in [0.2, 0.25) is 0 Å². The van der Waals surface area contributed by atoms with Gasteiger partial charge in [0.1, 0.15) is 5.75 Å². The van der Waals surface area contributed by atoms with Crippen molar-refractivity contribution in [1.82, 2.24) is 10.6 Å². The first kappa shape index (κ1) is 19.2. The lowest BCUT2D eigenvalue weighted by Gasteiger charge is -2.13. The first-order valence-corrected chi connectivity index (χ1v) is 7.50. The zero-order chi connectivity index (χ0) is 17.9. The molecule has 0 radical (unpaired) electrons. The normalized spacial score (nSPS) is 9.96. The van der Waals surface area contributed by atoms with Gasteiger partial charge in [-0.15, -0.1) is 6.58 Å². The van der Waals surface area contributed by atoms with Crippen molar-refractivity contribution in [3.05, 3.63) is 42.5 Å². The van der Waals surface area contributed by atoms with Crippen molar-refractivity contribution >= 4 is 17.9 Å². The van der Waals surface area contributed by atoms with Crippen LogP contribution in [0.25, 0.3) is 0 Å². The summed E-state index contributed by atoms with van der Waals surface area (Å²) < 4.78 is 10.2. The molecule has 0 spiro atoms. The number of carbonyl (C=O) groups is 3. The summed E-state index contributed by atoms with van der Waals surface area (Å²) in [6.45, 7) is 6.80. The molecule has 0 heterocycles. The van der Waals surface area contributed by atoms with Crippen molar-refractivity contribution in [2.45, 2.75) is 19.8 Å². The number of rotatable bonds is 8. The molecule has 2 N–H and O–H groups in total. The standard InChI is InChI=1S/C17H22N2O5/c1-4-9-18-17(22)19-15(20)10-24-16(21)11-23-14-8-6-5-7-13(14)12(2)3/h4-8,12H,1,9-11H2,2-3H3,(H2,18,19,20,22). The molecule has 3 amide bonds. The summed E-state index contributed by atoms with van der Waals surface area (Å²) in [7, 11) is 0. The molecule has 0 saturated carbocycles. The quantitative estimate of drug-likeness (QED) is 0.558. The summed E-state index contributed by atoms with van der Waals surface area (Å²) >= 11 is 0. The maximum Gasteiger partial charge on any atom is 0.344 e. The molecule has 0 fully saturated rings. The van der Waals surface area contributed by atoms with Crippen LogP contribution < -0.4 is 15.4 Å². The number of carbonyl (C=O) groups excluding carboxylic acids is 3. The predicted octanol–water partition coefficient (Wildman–Crippen LogP) is 1.74. The Kier molecular flexibility index (Phi) is 8.04. The zero-order valence-corrected chi connectivity index (χ0v) is 13.8. The minimum absolute atomic E-state index is 0.224. The maximum absolute atomic E-state index is 11.6. The van der Waals surface area contributed by atoms with E-state index in [2.05, 4.69) is 11.9 Å². The first-order chi connectivity index (χ1) is 11.4. The Morgan fingerprint density at radius 1 is 1.21 bits per heavy atom. The average Bonchev–Trinajstić information content (AvgIpc) is 2.56. The van der Waals surface area contributed by atoms with Gasteiger partial charge in [0, 0.05) is 6.54 Å².